The number of hydrogen-bond donors (Lipinski definition) is 0. The van der Waals surface area contributed by atoms with Crippen molar-refractivity contribution >= 4 is 5.91 Å². The first-order chi connectivity index (χ1) is 16.2. The van der Waals surface area contributed by atoms with Crippen molar-refractivity contribution in [1.82, 2.24) is 24.9 Å². The SMILES string of the molecule is COCc1nc([C@@H]2CCCN(C(=O)c3ccccc3-n3nccn3)C2)oc1-c1ccccc1. The van der Waals surface area contributed by atoms with E-state index in [2.05, 4.69) is 10.2 Å². The van der Waals surface area contributed by atoms with Gasteiger partial charge in [-0.2, -0.15) is 15.0 Å². The normalized spacial score (nSPS) is 16.2. The quantitative estimate of drug-likeness (QED) is 0.446. The molecule has 8 heteroatoms. The van der Waals surface area contributed by atoms with Crippen molar-refractivity contribution in [3.63, 3.8) is 0 Å². The Morgan fingerprint density at radius 1 is 1.09 bits per heavy atom. The van der Waals surface area contributed by atoms with Crippen LogP contribution < -0.4 is 0 Å². The summed E-state index contributed by atoms with van der Waals surface area (Å²) in [5, 5.41) is 8.39. The van der Waals surface area contributed by atoms with E-state index in [1.165, 1.54) is 4.80 Å². The van der Waals surface area contributed by atoms with Gasteiger partial charge < -0.3 is 14.1 Å². The molecule has 1 aliphatic rings. The number of rotatable bonds is 6. The lowest BCUT2D eigenvalue weighted by Crippen LogP contribution is -2.39. The summed E-state index contributed by atoms with van der Waals surface area (Å²) in [6, 6.07) is 17.3. The number of carbonyl (C=O) groups is 1. The van der Waals surface area contributed by atoms with Crippen LogP contribution in [0.15, 0.2) is 71.4 Å². The Hall–Kier alpha value is -3.78. The van der Waals surface area contributed by atoms with Crippen molar-refractivity contribution in [2.45, 2.75) is 25.4 Å². The molecule has 1 aliphatic heterocycles. The Morgan fingerprint density at radius 3 is 2.64 bits per heavy atom. The van der Waals surface area contributed by atoms with Gasteiger partial charge in [0, 0.05) is 25.8 Å². The van der Waals surface area contributed by atoms with Crippen LogP contribution in [0.25, 0.3) is 17.0 Å². The van der Waals surface area contributed by atoms with Gasteiger partial charge in [-0.05, 0) is 25.0 Å². The summed E-state index contributed by atoms with van der Waals surface area (Å²) in [4.78, 5) is 21.6. The van der Waals surface area contributed by atoms with Crippen LogP contribution >= 0.6 is 0 Å². The van der Waals surface area contributed by atoms with Gasteiger partial charge in [0.05, 0.1) is 36.2 Å². The largest absolute Gasteiger partial charge is 0.440 e. The number of hydrogen-bond acceptors (Lipinski definition) is 6. The number of benzene rings is 2. The molecule has 0 unspecified atom stereocenters. The second-order valence-corrected chi connectivity index (χ2v) is 8.05. The van der Waals surface area contributed by atoms with E-state index in [0.29, 0.717) is 36.8 Å². The van der Waals surface area contributed by atoms with Crippen molar-refractivity contribution in [2.75, 3.05) is 20.2 Å². The number of aromatic nitrogens is 4. The summed E-state index contributed by atoms with van der Waals surface area (Å²) >= 11 is 0. The molecule has 8 nitrogen and oxygen atoms in total. The molecule has 0 spiro atoms. The number of ether oxygens (including phenoxy) is 1. The standard InChI is InChI=1S/C25H25N5O3/c1-32-17-21-23(18-8-3-2-4-9-18)33-24(28-21)19-10-7-15-29(16-19)25(31)20-11-5-6-12-22(20)30-26-13-14-27-30/h2-6,8-9,11-14,19H,7,10,15-17H2,1H3/t19-/m1/s1. The predicted octanol–water partition coefficient (Wildman–Crippen LogP) is 4.09. The fraction of sp³-hybridized carbons (Fsp3) is 0.280. The van der Waals surface area contributed by atoms with Crippen LogP contribution in [0.5, 0.6) is 0 Å². The van der Waals surface area contributed by atoms with Gasteiger partial charge in [0.2, 0.25) is 0 Å². The van der Waals surface area contributed by atoms with Crippen molar-refractivity contribution in [2.24, 2.45) is 0 Å². The van der Waals surface area contributed by atoms with E-state index in [4.69, 9.17) is 14.1 Å². The van der Waals surface area contributed by atoms with E-state index in [1.54, 1.807) is 19.5 Å². The molecule has 33 heavy (non-hydrogen) atoms. The molecule has 5 rings (SSSR count). The van der Waals surface area contributed by atoms with Crippen LogP contribution in [0.3, 0.4) is 0 Å². The number of nitrogens with zero attached hydrogens (tertiary/aromatic N) is 5. The Bertz CT molecular complexity index is 1220. The van der Waals surface area contributed by atoms with Gasteiger partial charge in [0.1, 0.15) is 5.69 Å². The number of methoxy groups -OCH3 is 1. The van der Waals surface area contributed by atoms with Crippen molar-refractivity contribution < 1.29 is 13.9 Å². The number of amides is 1. The van der Waals surface area contributed by atoms with Crippen molar-refractivity contribution in [1.29, 1.82) is 0 Å². The van der Waals surface area contributed by atoms with Crippen LogP contribution in [0.2, 0.25) is 0 Å². The molecule has 4 aromatic rings. The van der Waals surface area contributed by atoms with Crippen LogP contribution in [0.4, 0.5) is 0 Å². The second-order valence-electron chi connectivity index (χ2n) is 8.05. The minimum absolute atomic E-state index is 0.0192. The molecular formula is C25H25N5O3. The average molecular weight is 444 g/mol. The lowest BCUT2D eigenvalue weighted by molar-refractivity contribution is 0.0698. The Balaban J connectivity index is 1.41. The third kappa shape index (κ3) is 4.29. The zero-order valence-electron chi connectivity index (χ0n) is 18.4. The van der Waals surface area contributed by atoms with E-state index < -0.39 is 0 Å². The van der Waals surface area contributed by atoms with Crippen LogP contribution in [0, 0.1) is 0 Å². The summed E-state index contributed by atoms with van der Waals surface area (Å²) in [5.74, 6) is 1.36. The first-order valence-corrected chi connectivity index (χ1v) is 11.0. The van der Waals surface area contributed by atoms with Crippen LogP contribution in [-0.2, 0) is 11.3 Å². The highest BCUT2D eigenvalue weighted by Crippen LogP contribution is 2.33. The van der Waals surface area contributed by atoms with E-state index >= 15 is 0 Å². The van der Waals surface area contributed by atoms with E-state index in [9.17, 15) is 4.79 Å². The molecule has 1 atom stereocenters. The molecular weight excluding hydrogens is 418 g/mol. The summed E-state index contributed by atoms with van der Waals surface area (Å²) < 4.78 is 11.6. The molecule has 0 bridgehead atoms. The summed E-state index contributed by atoms with van der Waals surface area (Å²) in [5.41, 5.74) is 2.98. The lowest BCUT2D eigenvalue weighted by atomic mass is 9.97. The van der Waals surface area contributed by atoms with Gasteiger partial charge in [-0.15, -0.1) is 0 Å². The van der Waals surface area contributed by atoms with Gasteiger partial charge in [-0.25, -0.2) is 4.98 Å². The fourth-order valence-electron chi connectivity index (χ4n) is 4.30. The summed E-state index contributed by atoms with van der Waals surface area (Å²) in [6.45, 7) is 1.60. The average Bonchev–Trinajstić information content (AvgIpc) is 3.55. The van der Waals surface area contributed by atoms with Gasteiger partial charge in [-0.1, -0.05) is 42.5 Å². The first-order valence-electron chi connectivity index (χ1n) is 11.0. The molecule has 0 N–H and O–H groups in total. The third-order valence-electron chi connectivity index (χ3n) is 5.86. The van der Waals surface area contributed by atoms with Gasteiger partial charge in [0.15, 0.2) is 11.7 Å². The van der Waals surface area contributed by atoms with Crippen LogP contribution in [-0.4, -0.2) is 51.0 Å². The van der Waals surface area contributed by atoms with E-state index in [-0.39, 0.29) is 11.8 Å². The first kappa shape index (κ1) is 21.1. The van der Waals surface area contributed by atoms with Crippen LogP contribution in [0.1, 0.15) is 40.7 Å². The molecule has 0 aliphatic carbocycles. The molecule has 1 saturated heterocycles. The maximum Gasteiger partial charge on any atom is 0.256 e. The number of carbonyl (C=O) groups excluding carboxylic acids is 1. The van der Waals surface area contributed by atoms with E-state index in [1.807, 2.05) is 59.5 Å². The highest BCUT2D eigenvalue weighted by Gasteiger charge is 2.31. The maximum atomic E-state index is 13.5. The molecule has 1 fully saturated rings. The number of para-hydroxylation sites is 1. The Morgan fingerprint density at radius 2 is 1.85 bits per heavy atom. The third-order valence-corrected chi connectivity index (χ3v) is 5.86. The smallest absolute Gasteiger partial charge is 0.256 e. The monoisotopic (exact) mass is 443 g/mol. The Kier molecular flexibility index (Phi) is 5.99. The minimum atomic E-state index is -0.0421. The van der Waals surface area contributed by atoms with E-state index in [0.717, 1.165) is 29.9 Å². The molecule has 0 saturated carbocycles. The molecule has 3 heterocycles. The van der Waals surface area contributed by atoms with Gasteiger partial charge in [-0.3, -0.25) is 4.79 Å². The van der Waals surface area contributed by atoms with Gasteiger partial charge >= 0.3 is 0 Å². The Labute approximate surface area is 191 Å². The topological polar surface area (TPSA) is 86.3 Å². The summed E-state index contributed by atoms with van der Waals surface area (Å²) in [6.07, 6.45) is 4.99. The number of oxazole rings is 1. The highest BCUT2D eigenvalue weighted by molar-refractivity contribution is 5.97. The second kappa shape index (κ2) is 9.38. The lowest BCUT2D eigenvalue weighted by Gasteiger charge is -2.31. The summed E-state index contributed by atoms with van der Waals surface area (Å²) in [7, 11) is 1.65. The molecule has 0 radical (unpaired) electrons. The van der Waals surface area contributed by atoms with Crippen molar-refractivity contribution in [3.05, 3.63) is 84.1 Å². The molecule has 2 aromatic carbocycles. The highest BCUT2D eigenvalue weighted by atomic mass is 16.5. The minimum Gasteiger partial charge on any atom is -0.440 e. The fourth-order valence-corrected chi connectivity index (χ4v) is 4.30. The number of piperidine rings is 1. The molecule has 168 valence electrons. The van der Waals surface area contributed by atoms with Gasteiger partial charge in [0.25, 0.3) is 5.91 Å². The zero-order chi connectivity index (χ0) is 22.6. The maximum absolute atomic E-state index is 13.5. The number of likely N-dealkylation sites (tertiary alicyclic amines) is 1. The predicted molar refractivity (Wildman–Crippen MR) is 122 cm³/mol. The molecule has 1 amide bonds. The van der Waals surface area contributed by atoms with Crippen molar-refractivity contribution in [3.8, 4) is 17.0 Å². The molecule has 2 aromatic heterocycles. The zero-order valence-corrected chi connectivity index (χ0v) is 18.4.